The van der Waals surface area contributed by atoms with Gasteiger partial charge in [-0.15, -0.1) is 0 Å². The van der Waals surface area contributed by atoms with Crippen molar-refractivity contribution in [2.24, 2.45) is 0 Å². The molecule has 74 valence electrons. The molecule has 0 aromatic carbocycles. The number of hydrogen-bond donors (Lipinski definition) is 0. The van der Waals surface area contributed by atoms with Crippen LogP contribution in [-0.4, -0.2) is 16.8 Å². The predicted octanol–water partition coefficient (Wildman–Crippen LogP) is 0.260. The third kappa shape index (κ3) is 5.49. The van der Waals surface area contributed by atoms with Gasteiger partial charge in [-0.25, -0.2) is 4.79 Å². The first kappa shape index (κ1) is 11.8. The number of nitro groups is 1. The van der Waals surface area contributed by atoms with E-state index in [0.29, 0.717) is 0 Å². The maximum Gasteiger partial charge on any atom is 0.448 e. The van der Waals surface area contributed by atoms with Gasteiger partial charge in [0.1, 0.15) is 11.0 Å². The van der Waals surface area contributed by atoms with Crippen LogP contribution in [0, 0.1) is 22.6 Å². The Morgan fingerprint density at radius 2 is 2.00 bits per heavy atom. The molecule has 0 bridgehead atoms. The van der Waals surface area contributed by atoms with Crippen molar-refractivity contribution in [1.29, 1.82) is 0 Å². The second-order valence-electron chi connectivity index (χ2n) is 2.12. The summed E-state index contributed by atoms with van der Waals surface area (Å²) in [4.78, 5) is 29.8. The molecule has 0 aliphatic heterocycles. The number of rotatable bonds is 4. The van der Waals surface area contributed by atoms with E-state index in [1.165, 1.54) is 12.2 Å². The van der Waals surface area contributed by atoms with Gasteiger partial charge in [-0.1, -0.05) is 18.6 Å². The molecule has 1 amide bonds. The number of terminal acetylenes is 1. The standard InChI is InChI=1S/C8H7NO5/c1-2-14-8(11)6-4-3-5-7(10)9(12)13/h1,3-4H,5-6H2/b4-3+. The lowest BCUT2D eigenvalue weighted by Crippen LogP contribution is -2.09. The molecule has 0 N–H and O–H groups in total. The zero-order chi connectivity index (χ0) is 11.0. The number of esters is 1. The zero-order valence-electron chi connectivity index (χ0n) is 7.13. The topological polar surface area (TPSA) is 86.5 Å². The fourth-order valence-electron chi connectivity index (χ4n) is 0.546. The number of carbonyl (C=O) groups is 2. The fourth-order valence-corrected chi connectivity index (χ4v) is 0.546. The van der Waals surface area contributed by atoms with E-state index < -0.39 is 16.8 Å². The van der Waals surface area contributed by atoms with E-state index in [0.717, 1.165) is 0 Å². The summed E-state index contributed by atoms with van der Waals surface area (Å²) in [5.74, 6) is -1.79. The van der Waals surface area contributed by atoms with Crippen molar-refractivity contribution in [3.8, 4) is 12.5 Å². The maximum atomic E-state index is 10.6. The molecule has 0 fully saturated rings. The van der Waals surface area contributed by atoms with Crippen molar-refractivity contribution >= 4 is 11.9 Å². The molecule has 0 aliphatic rings. The lowest BCUT2D eigenvalue weighted by molar-refractivity contribution is -0.401. The van der Waals surface area contributed by atoms with Crippen LogP contribution in [0.4, 0.5) is 0 Å². The van der Waals surface area contributed by atoms with Gasteiger partial charge >= 0.3 is 11.9 Å². The summed E-state index contributed by atoms with van der Waals surface area (Å²) in [6.07, 6.45) is 8.36. The molecule has 0 unspecified atom stereocenters. The highest BCUT2D eigenvalue weighted by molar-refractivity contribution is 5.73. The van der Waals surface area contributed by atoms with Gasteiger partial charge in [0.2, 0.25) is 0 Å². The Kier molecular flexibility index (Phi) is 5.38. The van der Waals surface area contributed by atoms with Gasteiger partial charge in [0, 0.05) is 0 Å². The highest BCUT2D eigenvalue weighted by atomic mass is 16.6. The van der Waals surface area contributed by atoms with Crippen LogP contribution in [0.25, 0.3) is 0 Å². The number of nitrogens with zero attached hydrogens (tertiary/aromatic N) is 1. The normalized spacial score (nSPS) is 9.36. The first-order valence-corrected chi connectivity index (χ1v) is 3.55. The van der Waals surface area contributed by atoms with Crippen LogP contribution in [0.3, 0.4) is 0 Å². The lowest BCUT2D eigenvalue weighted by Gasteiger charge is -1.89. The average molecular weight is 197 g/mol. The van der Waals surface area contributed by atoms with E-state index in [1.54, 1.807) is 6.11 Å². The van der Waals surface area contributed by atoms with E-state index in [1.807, 2.05) is 0 Å². The zero-order valence-corrected chi connectivity index (χ0v) is 7.13. The van der Waals surface area contributed by atoms with Gasteiger partial charge in [0.25, 0.3) is 0 Å². The number of hydrogen-bond acceptors (Lipinski definition) is 5. The third-order valence-electron chi connectivity index (χ3n) is 1.12. The van der Waals surface area contributed by atoms with Crippen LogP contribution in [-0.2, 0) is 14.3 Å². The number of amides is 1. The van der Waals surface area contributed by atoms with Gasteiger partial charge in [-0.05, 0) is 0 Å². The Morgan fingerprint density at radius 3 is 2.50 bits per heavy atom. The summed E-state index contributed by atoms with van der Waals surface area (Å²) in [5, 5.41) is 9.83. The third-order valence-corrected chi connectivity index (χ3v) is 1.12. The highest BCUT2D eigenvalue weighted by Crippen LogP contribution is 1.92. The Hall–Kier alpha value is -2.16. The Bertz CT molecular complexity index is 312. The van der Waals surface area contributed by atoms with E-state index in [-0.39, 0.29) is 12.8 Å². The van der Waals surface area contributed by atoms with Crippen molar-refractivity contribution in [3.63, 3.8) is 0 Å². The first-order valence-electron chi connectivity index (χ1n) is 3.55. The molecule has 0 rings (SSSR count). The summed E-state index contributed by atoms with van der Waals surface area (Å²) < 4.78 is 4.12. The van der Waals surface area contributed by atoms with Gasteiger partial charge in [0.15, 0.2) is 0 Å². The molecule has 0 aliphatic carbocycles. The molecule has 14 heavy (non-hydrogen) atoms. The lowest BCUT2D eigenvalue weighted by atomic mass is 10.3. The molecule has 0 radical (unpaired) electrons. The van der Waals surface area contributed by atoms with Crippen molar-refractivity contribution < 1.29 is 19.2 Å². The van der Waals surface area contributed by atoms with E-state index in [2.05, 4.69) is 11.2 Å². The molecule has 0 atom stereocenters. The Labute approximate surface area is 79.7 Å². The van der Waals surface area contributed by atoms with Crippen LogP contribution >= 0.6 is 0 Å². The quantitative estimate of drug-likeness (QED) is 0.212. The molecule has 6 nitrogen and oxygen atoms in total. The second kappa shape index (κ2) is 6.37. The Balaban J connectivity index is 3.76. The van der Waals surface area contributed by atoms with Crippen LogP contribution in [0.15, 0.2) is 12.2 Å². The molecular weight excluding hydrogens is 190 g/mol. The van der Waals surface area contributed by atoms with Gasteiger partial charge in [-0.3, -0.25) is 14.9 Å². The van der Waals surface area contributed by atoms with Crippen LogP contribution < -0.4 is 0 Å². The van der Waals surface area contributed by atoms with Crippen molar-refractivity contribution in [1.82, 2.24) is 0 Å². The number of carbonyl (C=O) groups excluding carboxylic acids is 2. The predicted molar refractivity (Wildman–Crippen MR) is 45.3 cm³/mol. The van der Waals surface area contributed by atoms with Crippen LogP contribution in [0.2, 0.25) is 0 Å². The maximum absolute atomic E-state index is 10.6. The molecular formula is C8H7NO5. The van der Waals surface area contributed by atoms with Crippen LogP contribution in [0.5, 0.6) is 0 Å². The summed E-state index contributed by atoms with van der Waals surface area (Å²) in [5.41, 5.74) is 0. The fraction of sp³-hybridized carbons (Fsp3) is 0.250. The first-order chi connectivity index (χ1) is 6.57. The molecule has 0 spiro atoms. The molecule has 0 heterocycles. The van der Waals surface area contributed by atoms with Crippen molar-refractivity contribution in [3.05, 3.63) is 22.3 Å². The summed E-state index contributed by atoms with van der Waals surface area (Å²) in [6, 6.07) is 0. The van der Waals surface area contributed by atoms with Crippen LogP contribution in [0.1, 0.15) is 12.8 Å². The molecule has 0 aromatic rings. The Morgan fingerprint density at radius 1 is 1.43 bits per heavy atom. The van der Waals surface area contributed by atoms with Gasteiger partial charge in [0.05, 0.1) is 12.8 Å². The largest absolute Gasteiger partial charge is 0.448 e. The van der Waals surface area contributed by atoms with Crippen molar-refractivity contribution in [2.75, 3.05) is 0 Å². The monoisotopic (exact) mass is 197 g/mol. The van der Waals surface area contributed by atoms with Gasteiger partial charge < -0.3 is 4.74 Å². The SMILES string of the molecule is C#COC(=O)C/C=C/CC(=O)[N+](=O)[O-]. The summed E-state index contributed by atoms with van der Waals surface area (Å²) >= 11 is 0. The molecule has 0 aromatic heterocycles. The highest BCUT2D eigenvalue weighted by Gasteiger charge is 2.10. The minimum absolute atomic E-state index is 0.116. The van der Waals surface area contributed by atoms with Crippen molar-refractivity contribution in [2.45, 2.75) is 12.8 Å². The number of ether oxygens (including phenoxy) is 1. The molecule has 0 saturated carbocycles. The second-order valence-corrected chi connectivity index (χ2v) is 2.12. The average Bonchev–Trinajstić information content (AvgIpc) is 2.12. The minimum atomic E-state index is -1.13. The minimum Gasteiger partial charge on any atom is -0.372 e. The molecule has 6 heteroatoms. The van der Waals surface area contributed by atoms with Gasteiger partial charge in [-0.2, -0.15) is 0 Å². The smallest absolute Gasteiger partial charge is 0.372 e. The van der Waals surface area contributed by atoms with E-state index >= 15 is 0 Å². The molecule has 0 saturated heterocycles. The summed E-state index contributed by atoms with van der Waals surface area (Å²) in [6.45, 7) is 0. The van der Waals surface area contributed by atoms with E-state index in [4.69, 9.17) is 0 Å². The van der Waals surface area contributed by atoms with E-state index in [9.17, 15) is 19.7 Å². The summed E-state index contributed by atoms with van der Waals surface area (Å²) in [7, 11) is 0.